The minimum absolute atomic E-state index is 0.269. The lowest BCUT2D eigenvalue weighted by Gasteiger charge is -2.27. The molecule has 1 saturated heterocycles. The Hall–Kier alpha value is -1.80. The third-order valence-electron chi connectivity index (χ3n) is 3.78. The topological polar surface area (TPSA) is 78.8 Å². The van der Waals surface area contributed by atoms with Gasteiger partial charge in [0, 0.05) is 13.1 Å². The van der Waals surface area contributed by atoms with Gasteiger partial charge in [-0.1, -0.05) is 18.2 Å². The van der Waals surface area contributed by atoms with Gasteiger partial charge in [0.15, 0.2) is 5.17 Å². The first kappa shape index (κ1) is 17.0. The van der Waals surface area contributed by atoms with E-state index in [0.717, 1.165) is 37.4 Å². The van der Waals surface area contributed by atoms with E-state index in [1.807, 2.05) is 0 Å². The van der Waals surface area contributed by atoms with Gasteiger partial charge in [-0.05, 0) is 48.7 Å². The molecule has 1 fully saturated rings. The van der Waals surface area contributed by atoms with Crippen molar-refractivity contribution in [2.75, 3.05) is 24.1 Å². The first-order valence-electron chi connectivity index (χ1n) is 7.77. The zero-order valence-corrected chi connectivity index (χ0v) is 15.0. The van der Waals surface area contributed by atoms with Crippen molar-refractivity contribution in [3.8, 4) is 0 Å². The van der Waals surface area contributed by atoms with Crippen LogP contribution in [0, 0.1) is 0 Å². The Morgan fingerprint density at radius 1 is 1.21 bits per heavy atom. The van der Waals surface area contributed by atoms with Crippen LogP contribution in [0.4, 0.5) is 5.69 Å². The Morgan fingerprint density at radius 2 is 1.92 bits per heavy atom. The van der Waals surface area contributed by atoms with Gasteiger partial charge in [0.05, 0.1) is 16.8 Å². The van der Waals surface area contributed by atoms with Gasteiger partial charge in [0.2, 0.25) is 10.0 Å². The lowest BCUT2D eigenvalue weighted by Crippen LogP contribution is -2.33. The number of rotatable bonds is 3. The third kappa shape index (κ3) is 4.18. The summed E-state index contributed by atoms with van der Waals surface area (Å²) in [7, 11) is -3.38. The van der Waals surface area contributed by atoms with E-state index in [1.54, 1.807) is 30.3 Å². The van der Waals surface area contributed by atoms with Crippen LogP contribution in [-0.2, 0) is 14.8 Å². The monoisotopic (exact) mass is 365 g/mol. The lowest BCUT2D eigenvalue weighted by molar-refractivity contribution is -0.113. The number of para-hydroxylation sites is 1. The third-order valence-corrected chi connectivity index (χ3v) is 5.41. The van der Waals surface area contributed by atoms with Gasteiger partial charge >= 0.3 is 0 Å². The lowest BCUT2D eigenvalue weighted by atomic mass is 10.1. The molecule has 0 aromatic heterocycles. The maximum Gasteiger partial charge on any atom is 0.286 e. The Balaban J connectivity index is 1.82. The summed E-state index contributed by atoms with van der Waals surface area (Å²) in [4.78, 5) is 19.0. The number of nitrogens with one attached hydrogen (secondary N) is 1. The minimum Gasteiger partial charge on any atom is -0.351 e. The second kappa shape index (κ2) is 6.98. The summed E-state index contributed by atoms with van der Waals surface area (Å²) >= 11 is 1.36. The standard InChI is InChI=1S/C16H19N3O3S2/c1-24(21,22)18-13-8-4-3-7-12(13)11-14-15(20)17-16(23-14)19-9-5-2-6-10-19/h3-4,7-8,11,18H,2,5-6,9-10H2,1H3/b14-11-. The smallest absolute Gasteiger partial charge is 0.286 e. The van der Waals surface area contributed by atoms with Crippen LogP contribution in [0.25, 0.3) is 6.08 Å². The molecule has 0 atom stereocenters. The number of carbonyl (C=O) groups excluding carboxylic acids is 1. The van der Waals surface area contributed by atoms with Crippen LogP contribution in [-0.4, -0.2) is 43.7 Å². The molecule has 2 heterocycles. The molecule has 1 aromatic rings. The molecule has 2 aliphatic rings. The summed E-state index contributed by atoms with van der Waals surface area (Å²) in [5.41, 5.74) is 1.10. The molecule has 128 valence electrons. The number of piperidine rings is 1. The number of hydrogen-bond acceptors (Lipinski definition) is 5. The summed E-state index contributed by atoms with van der Waals surface area (Å²) in [5, 5.41) is 0.750. The van der Waals surface area contributed by atoms with Crippen molar-refractivity contribution in [3.63, 3.8) is 0 Å². The molecule has 1 amide bonds. The van der Waals surface area contributed by atoms with Crippen LogP contribution < -0.4 is 4.72 Å². The van der Waals surface area contributed by atoms with Crippen LogP contribution in [0.3, 0.4) is 0 Å². The van der Waals surface area contributed by atoms with Crippen molar-refractivity contribution in [1.29, 1.82) is 0 Å². The summed E-state index contributed by atoms with van der Waals surface area (Å²) in [6, 6.07) is 6.99. The molecule has 1 N–H and O–H groups in total. The highest BCUT2D eigenvalue weighted by Crippen LogP contribution is 2.32. The molecule has 0 aliphatic carbocycles. The van der Waals surface area contributed by atoms with Crippen molar-refractivity contribution >= 4 is 44.6 Å². The largest absolute Gasteiger partial charge is 0.351 e. The number of hydrogen-bond donors (Lipinski definition) is 1. The van der Waals surface area contributed by atoms with Gasteiger partial charge < -0.3 is 4.90 Å². The van der Waals surface area contributed by atoms with E-state index in [4.69, 9.17) is 0 Å². The fourth-order valence-electron chi connectivity index (χ4n) is 2.68. The first-order valence-corrected chi connectivity index (χ1v) is 10.5. The van der Waals surface area contributed by atoms with Gasteiger partial charge in [0.1, 0.15) is 0 Å². The SMILES string of the molecule is CS(=O)(=O)Nc1ccccc1/C=C1\SC(N2CCCCC2)=NC1=O. The fourth-order valence-corrected chi connectivity index (χ4v) is 4.22. The zero-order valence-electron chi connectivity index (χ0n) is 13.4. The highest BCUT2D eigenvalue weighted by atomic mass is 32.2. The second-order valence-electron chi connectivity index (χ2n) is 5.82. The maximum absolute atomic E-state index is 12.2. The molecule has 3 rings (SSSR count). The molecule has 6 nitrogen and oxygen atoms in total. The molecule has 0 radical (unpaired) electrons. The van der Waals surface area contributed by atoms with Gasteiger partial charge in [-0.25, -0.2) is 8.42 Å². The quantitative estimate of drug-likeness (QED) is 0.833. The van der Waals surface area contributed by atoms with E-state index < -0.39 is 10.0 Å². The Bertz CT molecular complexity index is 810. The molecular weight excluding hydrogens is 346 g/mol. The van der Waals surface area contributed by atoms with Gasteiger partial charge in [-0.2, -0.15) is 4.99 Å². The Kier molecular flexibility index (Phi) is 4.96. The number of anilines is 1. The van der Waals surface area contributed by atoms with E-state index in [-0.39, 0.29) is 5.91 Å². The maximum atomic E-state index is 12.2. The number of benzene rings is 1. The molecular formula is C16H19N3O3S2. The number of amidine groups is 1. The van der Waals surface area contributed by atoms with E-state index in [0.29, 0.717) is 16.2 Å². The molecule has 1 aromatic carbocycles. The number of nitrogens with zero attached hydrogens (tertiary/aromatic N) is 2. The molecule has 0 unspecified atom stereocenters. The van der Waals surface area contributed by atoms with Crippen LogP contribution in [0.15, 0.2) is 34.2 Å². The average Bonchev–Trinajstić information content (AvgIpc) is 2.90. The average molecular weight is 365 g/mol. The number of amides is 1. The number of carbonyl (C=O) groups is 1. The molecule has 24 heavy (non-hydrogen) atoms. The van der Waals surface area contributed by atoms with Crippen molar-refractivity contribution in [2.45, 2.75) is 19.3 Å². The molecule has 0 saturated carbocycles. The number of likely N-dealkylation sites (tertiary alicyclic amines) is 1. The minimum atomic E-state index is -3.38. The van der Waals surface area contributed by atoms with Crippen LogP contribution in [0.1, 0.15) is 24.8 Å². The van der Waals surface area contributed by atoms with Crippen LogP contribution in [0.5, 0.6) is 0 Å². The van der Waals surface area contributed by atoms with E-state index in [1.165, 1.54) is 18.2 Å². The molecule has 0 bridgehead atoms. The van der Waals surface area contributed by atoms with Crippen LogP contribution in [0.2, 0.25) is 0 Å². The number of sulfonamides is 1. The van der Waals surface area contributed by atoms with E-state index in [9.17, 15) is 13.2 Å². The first-order chi connectivity index (χ1) is 11.4. The van der Waals surface area contributed by atoms with Gasteiger partial charge in [-0.15, -0.1) is 0 Å². The fraction of sp³-hybridized carbons (Fsp3) is 0.375. The highest BCUT2D eigenvalue weighted by Gasteiger charge is 2.27. The number of aliphatic imine (C=N–C) groups is 1. The molecule has 0 spiro atoms. The van der Waals surface area contributed by atoms with Crippen LogP contribution >= 0.6 is 11.8 Å². The summed E-state index contributed by atoms with van der Waals surface area (Å²) in [6.45, 7) is 1.86. The number of thioether (sulfide) groups is 1. The zero-order chi connectivity index (χ0) is 17.2. The van der Waals surface area contributed by atoms with E-state index in [2.05, 4.69) is 14.6 Å². The summed E-state index contributed by atoms with van der Waals surface area (Å²) in [6.07, 6.45) is 6.25. The van der Waals surface area contributed by atoms with E-state index >= 15 is 0 Å². The molecule has 8 heteroatoms. The summed E-state index contributed by atoms with van der Waals surface area (Å²) in [5.74, 6) is -0.269. The van der Waals surface area contributed by atoms with Crippen molar-refractivity contribution in [3.05, 3.63) is 34.7 Å². The predicted octanol–water partition coefficient (Wildman–Crippen LogP) is 2.51. The van der Waals surface area contributed by atoms with Crippen molar-refractivity contribution in [2.24, 2.45) is 4.99 Å². The predicted molar refractivity (Wildman–Crippen MR) is 98.3 cm³/mol. The normalized spacial score (nSPS) is 20.4. The Labute approximate surface area is 146 Å². The highest BCUT2D eigenvalue weighted by molar-refractivity contribution is 8.18. The second-order valence-corrected chi connectivity index (χ2v) is 8.58. The summed E-state index contributed by atoms with van der Waals surface area (Å²) < 4.78 is 25.4. The molecule has 2 aliphatic heterocycles. The van der Waals surface area contributed by atoms with Crippen molar-refractivity contribution < 1.29 is 13.2 Å². The van der Waals surface area contributed by atoms with Gasteiger partial charge in [-0.3, -0.25) is 9.52 Å². The van der Waals surface area contributed by atoms with Crippen molar-refractivity contribution in [1.82, 2.24) is 4.90 Å². The van der Waals surface area contributed by atoms with Gasteiger partial charge in [0.25, 0.3) is 5.91 Å². The Morgan fingerprint density at radius 3 is 2.62 bits per heavy atom.